The van der Waals surface area contributed by atoms with E-state index in [1.54, 1.807) is 19.9 Å². The van der Waals surface area contributed by atoms with Gasteiger partial charge in [-0.05, 0) is 76.4 Å². The van der Waals surface area contributed by atoms with Crippen LogP contribution in [0.3, 0.4) is 0 Å². The number of hydrogen-bond acceptors (Lipinski definition) is 6. The van der Waals surface area contributed by atoms with Crippen LogP contribution < -0.4 is 5.32 Å². The highest BCUT2D eigenvalue weighted by molar-refractivity contribution is 5.83. The third kappa shape index (κ3) is 5.69. The van der Waals surface area contributed by atoms with Crippen molar-refractivity contribution in [1.82, 2.24) is 10.5 Å². The first-order chi connectivity index (χ1) is 17.1. The molecule has 2 N–H and O–H groups in total. The zero-order valence-corrected chi connectivity index (χ0v) is 21.7. The van der Waals surface area contributed by atoms with Crippen LogP contribution in [-0.2, 0) is 16.0 Å². The van der Waals surface area contributed by atoms with Gasteiger partial charge in [-0.15, -0.1) is 0 Å². The highest BCUT2D eigenvalue weighted by Crippen LogP contribution is 2.32. The molecule has 4 aromatic rings. The second kappa shape index (κ2) is 10.7. The maximum absolute atomic E-state index is 13.1. The number of aromatic nitrogens is 1. The molecule has 4 rings (SSSR count). The van der Waals surface area contributed by atoms with Gasteiger partial charge >= 0.3 is 0 Å². The summed E-state index contributed by atoms with van der Waals surface area (Å²) in [7, 11) is 0. The van der Waals surface area contributed by atoms with Gasteiger partial charge in [0.2, 0.25) is 5.91 Å². The summed E-state index contributed by atoms with van der Waals surface area (Å²) in [6.07, 6.45) is -0.699. The molecule has 0 radical (unpaired) electrons. The van der Waals surface area contributed by atoms with Gasteiger partial charge in [0.25, 0.3) is 0 Å². The van der Waals surface area contributed by atoms with E-state index in [1.165, 1.54) is 5.56 Å². The Labute approximate surface area is 211 Å². The van der Waals surface area contributed by atoms with Crippen LogP contribution >= 0.6 is 0 Å². The number of furan rings is 1. The fraction of sp³-hybridized carbons (Fsp3) is 0.379. The van der Waals surface area contributed by atoms with Crippen LogP contribution in [0.25, 0.3) is 11.0 Å². The normalized spacial score (nSPS) is 13.3. The summed E-state index contributed by atoms with van der Waals surface area (Å²) < 4.78 is 16.9. The van der Waals surface area contributed by atoms with Crippen LogP contribution in [0.4, 0.5) is 0 Å². The highest BCUT2D eigenvalue weighted by atomic mass is 16.5. The minimum atomic E-state index is -0.977. The third-order valence-electron chi connectivity index (χ3n) is 6.33. The van der Waals surface area contributed by atoms with Gasteiger partial charge in [0.1, 0.15) is 23.2 Å². The molecule has 0 saturated heterocycles. The molecule has 0 saturated carbocycles. The molecule has 2 unspecified atom stereocenters. The van der Waals surface area contributed by atoms with Gasteiger partial charge in [-0.3, -0.25) is 4.79 Å². The number of aliphatic hydroxyl groups excluding tert-OH is 1. The summed E-state index contributed by atoms with van der Waals surface area (Å²) in [4.78, 5) is 13.1. The number of carbonyl (C=O) groups is 1. The van der Waals surface area contributed by atoms with E-state index in [9.17, 15) is 9.90 Å². The minimum Gasteiger partial charge on any atom is -0.458 e. The first-order valence-electron chi connectivity index (χ1n) is 12.2. The van der Waals surface area contributed by atoms with Gasteiger partial charge in [-0.1, -0.05) is 35.0 Å². The number of carbonyl (C=O) groups excluding carboxylic acids is 1. The molecule has 0 fully saturated rings. The summed E-state index contributed by atoms with van der Waals surface area (Å²) in [6.45, 7) is 12.0. The van der Waals surface area contributed by atoms with Crippen molar-refractivity contribution in [3.63, 3.8) is 0 Å². The molecule has 0 spiro atoms. The summed E-state index contributed by atoms with van der Waals surface area (Å²) in [5, 5.41) is 18.7. The second-order valence-corrected chi connectivity index (χ2v) is 9.70. The SMILES string of the molecule is Cc1ccc(C(COC(C)C)NC(=O)Cc2ccc3oc(C(O)c4c(C)noc4C)cc3c2)c(C)c1. The Kier molecular flexibility index (Phi) is 7.62. The highest BCUT2D eigenvalue weighted by Gasteiger charge is 2.23. The molecule has 36 heavy (non-hydrogen) atoms. The zero-order valence-electron chi connectivity index (χ0n) is 21.7. The monoisotopic (exact) mass is 490 g/mol. The molecule has 7 nitrogen and oxygen atoms in total. The molecule has 2 aromatic heterocycles. The van der Waals surface area contributed by atoms with Crippen molar-refractivity contribution in [3.8, 4) is 0 Å². The fourth-order valence-corrected chi connectivity index (χ4v) is 4.53. The Hall–Kier alpha value is -3.42. The standard InChI is InChI=1S/C29H34N2O5/c1-16(2)34-15-24(23-9-7-17(3)11-18(23)4)30-27(32)13-21-8-10-25-22(12-21)14-26(35-25)29(33)28-19(5)31-36-20(28)6/h7-12,14,16,24,29,33H,13,15H2,1-6H3,(H,30,32). The average molecular weight is 491 g/mol. The van der Waals surface area contributed by atoms with Crippen molar-refractivity contribution < 1.29 is 23.6 Å². The van der Waals surface area contributed by atoms with E-state index in [0.717, 1.165) is 22.1 Å². The molecule has 190 valence electrons. The lowest BCUT2D eigenvalue weighted by atomic mass is 9.99. The van der Waals surface area contributed by atoms with Crippen molar-refractivity contribution >= 4 is 16.9 Å². The van der Waals surface area contributed by atoms with E-state index in [0.29, 0.717) is 35.0 Å². The summed E-state index contributed by atoms with van der Waals surface area (Å²) >= 11 is 0. The van der Waals surface area contributed by atoms with Gasteiger partial charge in [0.05, 0.1) is 36.4 Å². The van der Waals surface area contributed by atoms with Gasteiger partial charge in [0, 0.05) is 5.39 Å². The van der Waals surface area contributed by atoms with Crippen LogP contribution in [0.1, 0.15) is 71.0 Å². The van der Waals surface area contributed by atoms with E-state index < -0.39 is 6.10 Å². The number of fused-ring (bicyclic) bond motifs is 1. The van der Waals surface area contributed by atoms with Crippen molar-refractivity contribution in [3.05, 3.63) is 87.5 Å². The van der Waals surface area contributed by atoms with Gasteiger partial charge in [0.15, 0.2) is 0 Å². The van der Waals surface area contributed by atoms with Gasteiger partial charge in [-0.2, -0.15) is 0 Å². The first-order valence-corrected chi connectivity index (χ1v) is 12.2. The first kappa shape index (κ1) is 25.7. The number of nitrogens with one attached hydrogen (secondary N) is 1. The fourth-order valence-electron chi connectivity index (χ4n) is 4.53. The average Bonchev–Trinajstić information content (AvgIpc) is 3.38. The van der Waals surface area contributed by atoms with Crippen LogP contribution in [0, 0.1) is 27.7 Å². The van der Waals surface area contributed by atoms with Crippen LogP contribution in [0.15, 0.2) is 51.4 Å². The maximum atomic E-state index is 13.1. The molecular formula is C29H34N2O5. The molecule has 2 heterocycles. The lowest BCUT2D eigenvalue weighted by Crippen LogP contribution is -2.33. The van der Waals surface area contributed by atoms with E-state index in [-0.39, 0.29) is 24.5 Å². The van der Waals surface area contributed by atoms with Gasteiger partial charge < -0.3 is 24.1 Å². The van der Waals surface area contributed by atoms with E-state index in [1.807, 2.05) is 32.0 Å². The molecule has 0 aliphatic heterocycles. The second-order valence-electron chi connectivity index (χ2n) is 9.70. The van der Waals surface area contributed by atoms with Crippen LogP contribution in [-0.4, -0.2) is 28.9 Å². The number of amides is 1. The van der Waals surface area contributed by atoms with Crippen molar-refractivity contribution in [1.29, 1.82) is 0 Å². The lowest BCUT2D eigenvalue weighted by molar-refractivity contribution is -0.121. The predicted octanol–water partition coefficient (Wildman–Crippen LogP) is 5.56. The Morgan fingerprint density at radius 3 is 2.53 bits per heavy atom. The zero-order chi connectivity index (χ0) is 26.0. The summed E-state index contributed by atoms with van der Waals surface area (Å²) in [5.41, 5.74) is 6.07. The predicted molar refractivity (Wildman–Crippen MR) is 138 cm³/mol. The molecule has 2 aromatic carbocycles. The van der Waals surface area contributed by atoms with Crippen LogP contribution in [0.5, 0.6) is 0 Å². The van der Waals surface area contributed by atoms with Crippen LogP contribution in [0.2, 0.25) is 0 Å². The van der Waals surface area contributed by atoms with E-state index in [2.05, 4.69) is 42.5 Å². The maximum Gasteiger partial charge on any atom is 0.224 e. The Morgan fingerprint density at radius 1 is 1.08 bits per heavy atom. The van der Waals surface area contributed by atoms with Crippen molar-refractivity contribution in [2.75, 3.05) is 6.61 Å². The molecule has 7 heteroatoms. The molecule has 0 bridgehead atoms. The Balaban J connectivity index is 1.51. The number of rotatable bonds is 9. The largest absolute Gasteiger partial charge is 0.458 e. The molecule has 0 aliphatic rings. The topological polar surface area (TPSA) is 97.7 Å². The number of aliphatic hydroxyl groups is 1. The van der Waals surface area contributed by atoms with E-state index >= 15 is 0 Å². The van der Waals surface area contributed by atoms with Gasteiger partial charge in [-0.25, -0.2) is 0 Å². The number of benzene rings is 2. The molecule has 1 amide bonds. The smallest absolute Gasteiger partial charge is 0.224 e. The summed E-state index contributed by atoms with van der Waals surface area (Å²) in [5.74, 6) is 0.866. The van der Waals surface area contributed by atoms with E-state index in [4.69, 9.17) is 13.7 Å². The molecular weight excluding hydrogens is 456 g/mol. The minimum absolute atomic E-state index is 0.0635. The molecule has 2 atom stereocenters. The number of hydrogen-bond donors (Lipinski definition) is 2. The quantitative estimate of drug-likeness (QED) is 0.319. The van der Waals surface area contributed by atoms with Crippen molar-refractivity contribution in [2.24, 2.45) is 0 Å². The Morgan fingerprint density at radius 2 is 1.86 bits per heavy atom. The lowest BCUT2D eigenvalue weighted by Gasteiger charge is -2.22. The number of aryl methyl sites for hydroxylation is 4. The number of nitrogens with zero attached hydrogens (tertiary/aromatic N) is 1. The van der Waals surface area contributed by atoms with Crippen molar-refractivity contribution in [2.45, 2.75) is 66.2 Å². The number of ether oxygens (including phenoxy) is 1. The third-order valence-corrected chi connectivity index (χ3v) is 6.33. The Bertz CT molecular complexity index is 1350. The molecule has 0 aliphatic carbocycles. The summed E-state index contributed by atoms with van der Waals surface area (Å²) in [6, 6.07) is 13.4.